The highest BCUT2D eigenvalue weighted by Gasteiger charge is 2.49. The number of aliphatic imine (C=N–C) groups is 1. The van der Waals surface area contributed by atoms with Gasteiger partial charge < -0.3 is 4.90 Å². The lowest BCUT2D eigenvalue weighted by Gasteiger charge is -2.44. The average Bonchev–Trinajstić information content (AvgIpc) is 2.41. The van der Waals surface area contributed by atoms with E-state index >= 15 is 0 Å². The summed E-state index contributed by atoms with van der Waals surface area (Å²) in [6, 6.07) is 6.34. The number of hydrogen-bond acceptors (Lipinski definition) is 3. The predicted molar refractivity (Wildman–Crippen MR) is 80.4 cm³/mol. The van der Waals surface area contributed by atoms with Crippen molar-refractivity contribution in [2.24, 2.45) is 10.9 Å². The van der Waals surface area contributed by atoms with Crippen molar-refractivity contribution >= 4 is 17.9 Å². The highest BCUT2D eigenvalue weighted by molar-refractivity contribution is 5.94. The van der Waals surface area contributed by atoms with Crippen molar-refractivity contribution in [3.63, 3.8) is 0 Å². The number of rotatable bonds is 4. The molecule has 1 aromatic carbocycles. The van der Waals surface area contributed by atoms with Gasteiger partial charge >= 0.3 is 0 Å². The van der Waals surface area contributed by atoms with Gasteiger partial charge in [-0.25, -0.2) is 4.99 Å². The molecule has 112 valence electrons. The smallest absolute Gasteiger partial charge is 0.269 e. The first kappa shape index (κ1) is 15.2. The molecule has 0 heterocycles. The summed E-state index contributed by atoms with van der Waals surface area (Å²) in [5.41, 5.74) is -0.00989. The molecular formula is C15H19N3O3. The molecule has 1 aromatic rings. The van der Waals surface area contributed by atoms with E-state index in [0.717, 1.165) is 0 Å². The molecule has 1 saturated carbocycles. The van der Waals surface area contributed by atoms with Crippen molar-refractivity contribution in [3.05, 3.63) is 39.9 Å². The predicted octanol–water partition coefficient (Wildman–Crippen LogP) is 2.38. The van der Waals surface area contributed by atoms with E-state index in [9.17, 15) is 14.9 Å². The normalized spacial score (nSPS) is 24.6. The van der Waals surface area contributed by atoms with E-state index < -0.39 is 10.3 Å². The van der Waals surface area contributed by atoms with Gasteiger partial charge in [-0.2, -0.15) is 0 Å². The number of hydrogen-bond donors (Lipinski definition) is 0. The second kappa shape index (κ2) is 5.63. The van der Waals surface area contributed by atoms with Crippen molar-refractivity contribution in [3.8, 4) is 0 Å². The number of carbonyl (C=O) groups excluding carboxylic acids is 1. The second-order valence-electron chi connectivity index (χ2n) is 5.92. The first-order valence-corrected chi connectivity index (χ1v) is 6.85. The van der Waals surface area contributed by atoms with Crippen LogP contribution in [0.4, 0.5) is 5.69 Å². The first-order chi connectivity index (χ1) is 9.85. The van der Waals surface area contributed by atoms with Crippen LogP contribution < -0.4 is 0 Å². The monoisotopic (exact) mass is 289 g/mol. The molecule has 0 aliphatic heterocycles. The SMILES string of the molecule is CC1CC(C(=O)N=CN(C)C)(c2cccc([N+](=O)[O-])c2)C1. The Hall–Kier alpha value is -2.24. The van der Waals surface area contributed by atoms with Gasteiger partial charge in [0.2, 0.25) is 0 Å². The number of non-ortho nitro benzene ring substituents is 1. The van der Waals surface area contributed by atoms with Crippen LogP contribution in [0.3, 0.4) is 0 Å². The van der Waals surface area contributed by atoms with Crippen LogP contribution in [0.1, 0.15) is 25.3 Å². The van der Waals surface area contributed by atoms with E-state index in [1.54, 1.807) is 31.1 Å². The Bertz CT molecular complexity index is 590. The Morgan fingerprint density at radius 3 is 2.67 bits per heavy atom. The van der Waals surface area contributed by atoms with Gasteiger partial charge in [0.25, 0.3) is 11.6 Å². The van der Waals surface area contributed by atoms with Crippen LogP contribution in [0.25, 0.3) is 0 Å². The summed E-state index contributed by atoms with van der Waals surface area (Å²) in [5, 5.41) is 10.9. The summed E-state index contributed by atoms with van der Waals surface area (Å²) in [4.78, 5) is 28.7. The minimum absolute atomic E-state index is 0.0100. The molecule has 0 N–H and O–H groups in total. The summed E-state index contributed by atoms with van der Waals surface area (Å²) in [6.07, 6.45) is 2.83. The number of benzene rings is 1. The number of nitrogens with zero attached hydrogens (tertiary/aromatic N) is 3. The highest BCUT2D eigenvalue weighted by Crippen LogP contribution is 2.49. The van der Waals surface area contributed by atoms with Crippen LogP contribution in [-0.2, 0) is 10.2 Å². The lowest BCUT2D eigenvalue weighted by molar-refractivity contribution is -0.385. The molecule has 21 heavy (non-hydrogen) atoms. The molecule has 1 fully saturated rings. The van der Waals surface area contributed by atoms with Gasteiger partial charge in [0, 0.05) is 26.2 Å². The summed E-state index contributed by atoms with van der Waals surface area (Å²) in [6.45, 7) is 2.07. The molecule has 6 nitrogen and oxygen atoms in total. The minimum atomic E-state index is -0.710. The van der Waals surface area contributed by atoms with Gasteiger partial charge in [-0.05, 0) is 24.3 Å². The third kappa shape index (κ3) is 2.94. The Balaban J connectivity index is 2.37. The maximum Gasteiger partial charge on any atom is 0.269 e. The van der Waals surface area contributed by atoms with Gasteiger partial charge in [-0.3, -0.25) is 14.9 Å². The third-order valence-electron chi connectivity index (χ3n) is 3.82. The zero-order chi connectivity index (χ0) is 15.6. The molecule has 0 saturated heterocycles. The van der Waals surface area contributed by atoms with Crippen LogP contribution >= 0.6 is 0 Å². The molecule has 0 aromatic heterocycles. The molecule has 0 bridgehead atoms. The zero-order valence-electron chi connectivity index (χ0n) is 12.4. The number of nitro groups is 1. The number of nitro benzene ring substituents is 1. The quantitative estimate of drug-likeness (QED) is 0.369. The molecule has 0 spiro atoms. The lowest BCUT2D eigenvalue weighted by Crippen LogP contribution is -2.46. The summed E-state index contributed by atoms with van der Waals surface area (Å²) < 4.78 is 0. The Morgan fingerprint density at radius 2 is 2.14 bits per heavy atom. The number of carbonyl (C=O) groups is 1. The van der Waals surface area contributed by atoms with E-state index in [1.807, 2.05) is 0 Å². The van der Waals surface area contributed by atoms with Crippen LogP contribution in [0.2, 0.25) is 0 Å². The molecular weight excluding hydrogens is 270 g/mol. The molecule has 6 heteroatoms. The number of amides is 1. The van der Waals surface area contributed by atoms with Crippen molar-refractivity contribution in [2.45, 2.75) is 25.2 Å². The minimum Gasteiger partial charge on any atom is -0.369 e. The standard InChI is InChI=1S/C15H19N3O3/c1-11-8-15(9-11,14(19)16-10-17(2)3)12-5-4-6-13(7-12)18(20)21/h4-7,10-11H,8-9H2,1-3H3. The van der Waals surface area contributed by atoms with Crippen molar-refractivity contribution in [2.75, 3.05) is 14.1 Å². The van der Waals surface area contributed by atoms with Crippen LogP contribution in [0, 0.1) is 16.0 Å². The molecule has 0 atom stereocenters. The summed E-state index contributed by atoms with van der Waals surface area (Å²) >= 11 is 0. The molecule has 1 amide bonds. The molecule has 2 rings (SSSR count). The average molecular weight is 289 g/mol. The van der Waals surface area contributed by atoms with E-state index in [2.05, 4.69) is 11.9 Å². The van der Waals surface area contributed by atoms with Crippen LogP contribution in [0.5, 0.6) is 0 Å². The van der Waals surface area contributed by atoms with Gasteiger partial charge in [-0.1, -0.05) is 19.1 Å². The lowest BCUT2D eigenvalue weighted by atomic mass is 9.58. The van der Waals surface area contributed by atoms with E-state index in [1.165, 1.54) is 18.5 Å². The zero-order valence-corrected chi connectivity index (χ0v) is 12.4. The Morgan fingerprint density at radius 1 is 1.48 bits per heavy atom. The van der Waals surface area contributed by atoms with Crippen molar-refractivity contribution in [1.82, 2.24) is 4.90 Å². The fourth-order valence-electron chi connectivity index (χ4n) is 2.87. The van der Waals surface area contributed by atoms with E-state index in [0.29, 0.717) is 24.3 Å². The third-order valence-corrected chi connectivity index (χ3v) is 3.82. The maximum atomic E-state index is 12.5. The van der Waals surface area contributed by atoms with Gasteiger partial charge in [-0.15, -0.1) is 0 Å². The van der Waals surface area contributed by atoms with E-state index in [4.69, 9.17) is 0 Å². The highest BCUT2D eigenvalue weighted by atomic mass is 16.6. The molecule has 1 aliphatic carbocycles. The second-order valence-corrected chi connectivity index (χ2v) is 5.92. The largest absolute Gasteiger partial charge is 0.369 e. The van der Waals surface area contributed by atoms with Gasteiger partial charge in [0.15, 0.2) is 0 Å². The van der Waals surface area contributed by atoms with Crippen LogP contribution in [0.15, 0.2) is 29.3 Å². The molecule has 1 aliphatic rings. The first-order valence-electron chi connectivity index (χ1n) is 6.85. The van der Waals surface area contributed by atoms with Gasteiger partial charge in [0.1, 0.15) is 0 Å². The molecule has 0 radical (unpaired) electrons. The summed E-state index contributed by atoms with van der Waals surface area (Å²) in [5.74, 6) is 0.192. The fourth-order valence-corrected chi connectivity index (χ4v) is 2.87. The van der Waals surface area contributed by atoms with Crippen LogP contribution in [-0.4, -0.2) is 36.2 Å². The van der Waals surface area contributed by atoms with E-state index in [-0.39, 0.29) is 11.6 Å². The Labute approximate surface area is 123 Å². The fraction of sp³-hybridized carbons (Fsp3) is 0.467. The topological polar surface area (TPSA) is 75.8 Å². The van der Waals surface area contributed by atoms with Crippen molar-refractivity contribution < 1.29 is 9.72 Å². The maximum absolute atomic E-state index is 12.5. The Kier molecular flexibility index (Phi) is 4.06. The van der Waals surface area contributed by atoms with Crippen molar-refractivity contribution in [1.29, 1.82) is 0 Å². The van der Waals surface area contributed by atoms with Gasteiger partial charge in [0.05, 0.1) is 16.7 Å². The summed E-state index contributed by atoms with van der Waals surface area (Å²) in [7, 11) is 3.58. The molecule has 0 unspecified atom stereocenters.